The highest BCUT2D eigenvalue weighted by Gasteiger charge is 1.92. The summed E-state index contributed by atoms with van der Waals surface area (Å²) in [7, 11) is 0. The quantitative estimate of drug-likeness (QED) is 0.381. The zero-order valence-corrected chi connectivity index (χ0v) is 7.17. The van der Waals surface area contributed by atoms with E-state index in [2.05, 4.69) is 24.0 Å². The molecule has 3 nitrogen and oxygen atoms in total. The second-order valence-corrected chi connectivity index (χ2v) is 2.80. The third-order valence-corrected chi connectivity index (χ3v) is 1.58. The van der Waals surface area contributed by atoms with Crippen molar-refractivity contribution in [2.45, 2.75) is 13.5 Å². The molecule has 0 unspecified atom stereocenters. The smallest absolute Gasteiger partial charge is 0.291 e. The van der Waals surface area contributed by atoms with E-state index in [0.29, 0.717) is 6.54 Å². The van der Waals surface area contributed by atoms with Gasteiger partial charge in [-0.05, 0) is 12.5 Å². The molecule has 0 saturated heterocycles. The van der Waals surface area contributed by atoms with Gasteiger partial charge in [0, 0.05) is 0 Å². The van der Waals surface area contributed by atoms with Crippen molar-refractivity contribution in [2.75, 3.05) is 0 Å². The Kier molecular flexibility index (Phi) is 2.69. The van der Waals surface area contributed by atoms with Crippen LogP contribution in [0.1, 0.15) is 11.1 Å². The van der Waals surface area contributed by atoms with E-state index in [1.54, 1.807) is 0 Å². The first-order chi connectivity index (χ1) is 5.68. The van der Waals surface area contributed by atoms with Gasteiger partial charge in [0.2, 0.25) is 0 Å². The van der Waals surface area contributed by atoms with Crippen LogP contribution >= 0.6 is 0 Å². The predicted octanol–water partition coefficient (Wildman–Crippen LogP) is -1.15. The highest BCUT2D eigenvalue weighted by Crippen LogP contribution is 2.00. The van der Waals surface area contributed by atoms with Gasteiger partial charge in [0.05, 0.1) is 6.54 Å². The van der Waals surface area contributed by atoms with E-state index in [0.717, 1.165) is 0 Å². The van der Waals surface area contributed by atoms with Crippen LogP contribution in [0.5, 0.6) is 0 Å². The molecule has 0 atom stereocenters. The number of rotatable bonds is 2. The number of hydrogen-bond donors (Lipinski definition) is 3. The third kappa shape index (κ3) is 2.62. The Labute approximate surface area is 72.1 Å². The monoisotopic (exact) mass is 164 g/mol. The summed E-state index contributed by atoms with van der Waals surface area (Å²) >= 11 is 0. The molecule has 0 heterocycles. The summed E-state index contributed by atoms with van der Waals surface area (Å²) in [5.74, 6) is 0.261. The molecule has 0 aliphatic rings. The molecule has 0 aliphatic heterocycles. The average Bonchev–Trinajstić information content (AvgIpc) is 2.01. The van der Waals surface area contributed by atoms with Crippen molar-refractivity contribution in [3.63, 3.8) is 0 Å². The first kappa shape index (κ1) is 8.59. The Hall–Kier alpha value is -1.51. The fourth-order valence-electron chi connectivity index (χ4n) is 1.03. The zero-order valence-electron chi connectivity index (χ0n) is 7.17. The van der Waals surface area contributed by atoms with Crippen molar-refractivity contribution in [2.24, 2.45) is 11.5 Å². The van der Waals surface area contributed by atoms with Gasteiger partial charge in [-0.25, -0.2) is 0 Å². The van der Waals surface area contributed by atoms with Crippen LogP contribution < -0.4 is 16.5 Å². The standard InChI is InChI=1S/C9H13N3/c1-7-3-2-4-8(5-7)6-12-9(10)11/h2-5H,6H2,1H3,(H4,10,11,12)/p+1. The minimum Gasteiger partial charge on any atom is -0.291 e. The molecule has 0 spiro atoms. The van der Waals surface area contributed by atoms with Crippen molar-refractivity contribution < 1.29 is 4.99 Å². The molecule has 12 heavy (non-hydrogen) atoms. The molecule has 0 bridgehead atoms. The average molecular weight is 164 g/mol. The van der Waals surface area contributed by atoms with Gasteiger partial charge in [0.1, 0.15) is 0 Å². The second kappa shape index (κ2) is 3.76. The SMILES string of the molecule is Cc1cccc(C[NH+]=C(N)N)c1. The van der Waals surface area contributed by atoms with Crippen LogP contribution in [0.3, 0.4) is 0 Å². The van der Waals surface area contributed by atoms with E-state index in [-0.39, 0.29) is 5.96 Å². The van der Waals surface area contributed by atoms with Crippen molar-refractivity contribution in [3.05, 3.63) is 35.4 Å². The van der Waals surface area contributed by atoms with Crippen LogP contribution in [-0.4, -0.2) is 5.96 Å². The minimum absolute atomic E-state index is 0.261. The highest BCUT2D eigenvalue weighted by molar-refractivity contribution is 5.69. The maximum absolute atomic E-state index is 5.26. The zero-order chi connectivity index (χ0) is 8.97. The molecule has 3 heteroatoms. The molecule has 1 aromatic rings. The molecule has 0 saturated carbocycles. The molecule has 1 aromatic carbocycles. The van der Waals surface area contributed by atoms with Crippen LogP contribution in [0.4, 0.5) is 0 Å². The van der Waals surface area contributed by atoms with Crippen LogP contribution in [0, 0.1) is 6.92 Å². The minimum atomic E-state index is 0.261. The van der Waals surface area contributed by atoms with E-state index in [9.17, 15) is 0 Å². The Morgan fingerprint density at radius 1 is 1.42 bits per heavy atom. The molecule has 5 N–H and O–H groups in total. The number of benzene rings is 1. The van der Waals surface area contributed by atoms with Crippen LogP contribution in [0.2, 0.25) is 0 Å². The number of hydrogen-bond acceptors (Lipinski definition) is 0. The van der Waals surface area contributed by atoms with Crippen LogP contribution in [0.15, 0.2) is 24.3 Å². The van der Waals surface area contributed by atoms with E-state index in [1.165, 1.54) is 11.1 Å². The Morgan fingerprint density at radius 2 is 2.17 bits per heavy atom. The summed E-state index contributed by atoms with van der Waals surface area (Å²) in [5, 5.41) is 0. The lowest BCUT2D eigenvalue weighted by atomic mass is 10.1. The molecule has 0 radical (unpaired) electrons. The number of nitrogens with two attached hydrogens (primary N) is 2. The Bertz CT molecular complexity index is 288. The van der Waals surface area contributed by atoms with Gasteiger partial charge in [-0.2, -0.15) is 0 Å². The Balaban J connectivity index is 2.70. The van der Waals surface area contributed by atoms with Gasteiger partial charge >= 0.3 is 5.96 Å². The summed E-state index contributed by atoms with van der Waals surface area (Å²) in [5.41, 5.74) is 12.9. The summed E-state index contributed by atoms with van der Waals surface area (Å²) in [6.45, 7) is 2.74. The summed E-state index contributed by atoms with van der Waals surface area (Å²) in [6.07, 6.45) is 0. The maximum atomic E-state index is 5.26. The summed E-state index contributed by atoms with van der Waals surface area (Å²) in [4.78, 5) is 2.86. The summed E-state index contributed by atoms with van der Waals surface area (Å²) < 4.78 is 0. The lowest BCUT2D eigenvalue weighted by Gasteiger charge is -1.96. The molecule has 0 aliphatic carbocycles. The van der Waals surface area contributed by atoms with Crippen LogP contribution in [0.25, 0.3) is 0 Å². The fraction of sp³-hybridized carbons (Fsp3) is 0.222. The van der Waals surface area contributed by atoms with Gasteiger partial charge in [0.15, 0.2) is 0 Å². The molecule has 0 aromatic heterocycles. The van der Waals surface area contributed by atoms with Gasteiger partial charge < -0.3 is 0 Å². The van der Waals surface area contributed by atoms with E-state index >= 15 is 0 Å². The lowest BCUT2D eigenvalue weighted by Crippen LogP contribution is -2.76. The van der Waals surface area contributed by atoms with E-state index in [1.807, 2.05) is 12.1 Å². The van der Waals surface area contributed by atoms with Crippen LogP contribution in [-0.2, 0) is 6.54 Å². The third-order valence-electron chi connectivity index (χ3n) is 1.58. The normalized spacial score (nSPS) is 9.42. The Morgan fingerprint density at radius 3 is 2.75 bits per heavy atom. The van der Waals surface area contributed by atoms with Gasteiger partial charge in [-0.3, -0.25) is 16.5 Å². The maximum Gasteiger partial charge on any atom is 0.339 e. The van der Waals surface area contributed by atoms with Gasteiger partial charge in [0.25, 0.3) is 0 Å². The highest BCUT2D eigenvalue weighted by atomic mass is 15.0. The van der Waals surface area contributed by atoms with E-state index in [4.69, 9.17) is 11.5 Å². The van der Waals surface area contributed by atoms with Crippen molar-refractivity contribution >= 4 is 5.96 Å². The van der Waals surface area contributed by atoms with Crippen molar-refractivity contribution in [1.82, 2.24) is 0 Å². The van der Waals surface area contributed by atoms with Gasteiger partial charge in [-0.15, -0.1) is 0 Å². The van der Waals surface area contributed by atoms with Crippen molar-refractivity contribution in [1.29, 1.82) is 0 Å². The molecule has 1 rings (SSSR count). The number of aryl methyl sites for hydroxylation is 1. The lowest BCUT2D eigenvalue weighted by molar-refractivity contribution is -0.477. The molecular weight excluding hydrogens is 150 g/mol. The number of nitrogens with one attached hydrogen (secondary N) is 1. The predicted molar refractivity (Wildman–Crippen MR) is 49.2 cm³/mol. The van der Waals surface area contributed by atoms with E-state index < -0.39 is 0 Å². The topological polar surface area (TPSA) is 66.0 Å². The van der Waals surface area contributed by atoms with Gasteiger partial charge in [-0.1, -0.05) is 29.8 Å². The molecular formula is C9H14N3+. The number of guanidine groups is 1. The second-order valence-electron chi connectivity index (χ2n) is 2.80. The van der Waals surface area contributed by atoms with Crippen molar-refractivity contribution in [3.8, 4) is 0 Å². The fourth-order valence-corrected chi connectivity index (χ4v) is 1.03. The first-order valence-electron chi connectivity index (χ1n) is 3.86. The molecule has 64 valence electrons. The first-order valence-corrected chi connectivity index (χ1v) is 3.86. The molecule has 0 amide bonds. The molecule has 0 fully saturated rings. The summed E-state index contributed by atoms with van der Waals surface area (Å²) in [6, 6.07) is 8.19. The largest absolute Gasteiger partial charge is 0.339 e.